The van der Waals surface area contributed by atoms with Gasteiger partial charge in [-0.25, -0.2) is 0 Å². The van der Waals surface area contributed by atoms with Crippen molar-refractivity contribution in [3.63, 3.8) is 0 Å². The van der Waals surface area contributed by atoms with Gasteiger partial charge in [-0.2, -0.15) is 4.39 Å². The summed E-state index contributed by atoms with van der Waals surface area (Å²) in [5.41, 5.74) is 10.5. The van der Waals surface area contributed by atoms with Crippen LogP contribution in [0, 0.1) is 26.0 Å². The maximum Gasteiger partial charge on any atom is 0.306 e. The molecule has 2 aromatic rings. The number of anilines is 2. The van der Waals surface area contributed by atoms with Crippen LogP contribution in [-0.4, -0.2) is 9.85 Å². The third kappa shape index (κ3) is 4.74. The minimum absolute atomic E-state index is 0.0278. The lowest BCUT2D eigenvalue weighted by atomic mass is 10.3. The number of nitro benzene ring substituents is 2. The van der Waals surface area contributed by atoms with E-state index in [0.29, 0.717) is 5.69 Å². The lowest BCUT2D eigenvalue weighted by Gasteiger charge is -1.93. The molecule has 0 aliphatic rings. The number of nitrogens with two attached hydrogens (primary N) is 2. The van der Waals surface area contributed by atoms with Crippen molar-refractivity contribution in [2.75, 3.05) is 11.5 Å². The molecule has 0 heterocycles. The molecule has 0 aromatic heterocycles. The molecule has 8 nitrogen and oxygen atoms in total. The van der Waals surface area contributed by atoms with Crippen molar-refractivity contribution in [2.45, 2.75) is 0 Å². The first-order valence-electron chi connectivity index (χ1n) is 5.50. The number of hydrogen-bond acceptors (Lipinski definition) is 6. The predicted octanol–water partition coefficient (Wildman–Crippen LogP) is 2.49. The minimum atomic E-state index is -0.871. The van der Waals surface area contributed by atoms with Crippen molar-refractivity contribution in [2.24, 2.45) is 0 Å². The molecule has 21 heavy (non-hydrogen) atoms. The van der Waals surface area contributed by atoms with E-state index in [1.807, 2.05) is 0 Å². The van der Waals surface area contributed by atoms with Gasteiger partial charge < -0.3 is 11.5 Å². The summed E-state index contributed by atoms with van der Waals surface area (Å²) >= 11 is 0. The van der Waals surface area contributed by atoms with Crippen LogP contribution in [0.1, 0.15) is 0 Å². The van der Waals surface area contributed by atoms with Crippen molar-refractivity contribution in [1.82, 2.24) is 0 Å². The Bertz CT molecular complexity index is 678. The summed E-state index contributed by atoms with van der Waals surface area (Å²) < 4.78 is 12.5. The molecular formula is C12H11FN4O4. The molecule has 4 N–H and O–H groups in total. The van der Waals surface area contributed by atoms with Crippen LogP contribution in [0.15, 0.2) is 42.5 Å². The molecule has 0 unspecified atom stereocenters. The fraction of sp³-hybridized carbons (Fsp3) is 0. The van der Waals surface area contributed by atoms with E-state index >= 15 is 0 Å². The molecule has 0 saturated carbocycles. The van der Waals surface area contributed by atoms with E-state index in [2.05, 4.69) is 0 Å². The smallest absolute Gasteiger partial charge is 0.306 e. The van der Waals surface area contributed by atoms with Crippen molar-refractivity contribution in [1.29, 1.82) is 0 Å². The zero-order valence-corrected chi connectivity index (χ0v) is 10.6. The highest BCUT2D eigenvalue weighted by atomic mass is 19.1. The van der Waals surface area contributed by atoms with E-state index in [-0.39, 0.29) is 11.4 Å². The standard InChI is InChI=1S/C6H5FN2O2.C6H6N2O2/c7-5-2-1-4(8)3-6(5)9(10)11;7-5-2-1-3-6(4-5)8(9)10/h1-3H,8H2;1-4H,7H2. The number of benzene rings is 2. The monoisotopic (exact) mass is 294 g/mol. The largest absolute Gasteiger partial charge is 0.399 e. The molecule has 0 fully saturated rings. The second kappa shape index (κ2) is 6.80. The van der Waals surface area contributed by atoms with Gasteiger partial charge in [-0.1, -0.05) is 6.07 Å². The van der Waals surface area contributed by atoms with E-state index in [9.17, 15) is 24.6 Å². The maximum atomic E-state index is 12.5. The van der Waals surface area contributed by atoms with Crippen molar-refractivity contribution in [3.8, 4) is 0 Å². The van der Waals surface area contributed by atoms with Gasteiger partial charge in [0, 0.05) is 29.6 Å². The van der Waals surface area contributed by atoms with Crippen molar-refractivity contribution >= 4 is 22.7 Å². The molecule has 2 rings (SSSR count). The molecule has 0 saturated heterocycles. The van der Waals surface area contributed by atoms with E-state index < -0.39 is 21.4 Å². The number of non-ortho nitro benzene ring substituents is 1. The molecule has 0 aliphatic carbocycles. The Kier molecular flexibility index (Phi) is 5.12. The molecule has 110 valence electrons. The molecule has 0 bridgehead atoms. The lowest BCUT2D eigenvalue weighted by molar-refractivity contribution is -0.387. The summed E-state index contributed by atoms with van der Waals surface area (Å²) in [6.45, 7) is 0. The minimum Gasteiger partial charge on any atom is -0.399 e. The second-order valence-corrected chi connectivity index (χ2v) is 3.82. The fourth-order valence-electron chi connectivity index (χ4n) is 1.31. The summed E-state index contributed by atoms with van der Waals surface area (Å²) in [6.07, 6.45) is 0. The number of halogens is 1. The third-order valence-electron chi connectivity index (χ3n) is 2.25. The van der Waals surface area contributed by atoms with Gasteiger partial charge in [0.05, 0.1) is 9.85 Å². The highest BCUT2D eigenvalue weighted by Gasteiger charge is 2.12. The normalized spacial score (nSPS) is 9.38. The first kappa shape index (κ1) is 15.8. The Hall–Kier alpha value is -3.23. The molecule has 2 aromatic carbocycles. The van der Waals surface area contributed by atoms with Crippen LogP contribution >= 0.6 is 0 Å². The van der Waals surface area contributed by atoms with Crippen LogP contribution in [-0.2, 0) is 0 Å². The molecule has 0 amide bonds. The Morgan fingerprint density at radius 1 is 0.905 bits per heavy atom. The average Bonchev–Trinajstić information content (AvgIpc) is 2.42. The Morgan fingerprint density at radius 2 is 1.52 bits per heavy atom. The van der Waals surface area contributed by atoms with Crippen molar-refractivity contribution in [3.05, 3.63) is 68.5 Å². The van der Waals surface area contributed by atoms with Gasteiger partial charge in [-0.15, -0.1) is 0 Å². The van der Waals surface area contributed by atoms with Crippen LogP contribution in [0.2, 0.25) is 0 Å². The van der Waals surface area contributed by atoms with Gasteiger partial charge in [0.1, 0.15) is 0 Å². The SMILES string of the molecule is Nc1ccc(F)c([N+](=O)[O-])c1.Nc1cccc([N+](=O)[O-])c1. The van der Waals surface area contributed by atoms with Gasteiger partial charge >= 0.3 is 5.69 Å². The summed E-state index contributed by atoms with van der Waals surface area (Å²) in [4.78, 5) is 18.9. The van der Waals surface area contributed by atoms with Crippen LogP contribution in [0.5, 0.6) is 0 Å². The number of hydrogen-bond donors (Lipinski definition) is 2. The summed E-state index contributed by atoms with van der Waals surface area (Å²) in [6, 6.07) is 9.09. The number of nitrogen functional groups attached to an aromatic ring is 2. The first-order valence-corrected chi connectivity index (χ1v) is 5.50. The lowest BCUT2D eigenvalue weighted by Crippen LogP contribution is -1.94. The Morgan fingerprint density at radius 3 is 1.95 bits per heavy atom. The Labute approximate surface area is 118 Å². The molecule has 9 heteroatoms. The highest BCUT2D eigenvalue weighted by molar-refractivity contribution is 5.48. The summed E-state index contributed by atoms with van der Waals surface area (Å²) in [5, 5.41) is 20.2. The van der Waals surface area contributed by atoms with Crippen LogP contribution in [0.4, 0.5) is 27.1 Å². The fourth-order valence-corrected chi connectivity index (χ4v) is 1.31. The average molecular weight is 294 g/mol. The zero-order valence-electron chi connectivity index (χ0n) is 10.6. The molecular weight excluding hydrogens is 283 g/mol. The molecule has 0 atom stereocenters. The van der Waals surface area contributed by atoms with E-state index in [1.54, 1.807) is 12.1 Å². The van der Waals surface area contributed by atoms with E-state index in [0.717, 1.165) is 12.1 Å². The summed E-state index contributed by atoms with van der Waals surface area (Å²) in [5.74, 6) is -0.871. The van der Waals surface area contributed by atoms with E-state index in [4.69, 9.17) is 11.5 Å². The van der Waals surface area contributed by atoms with Gasteiger partial charge in [0.25, 0.3) is 5.69 Å². The second-order valence-electron chi connectivity index (χ2n) is 3.82. The van der Waals surface area contributed by atoms with Crippen LogP contribution in [0.3, 0.4) is 0 Å². The Balaban J connectivity index is 0.000000211. The predicted molar refractivity (Wildman–Crippen MR) is 75.0 cm³/mol. The quantitative estimate of drug-likeness (QED) is 0.495. The van der Waals surface area contributed by atoms with Gasteiger partial charge in [-0.05, 0) is 18.2 Å². The summed E-state index contributed by atoms with van der Waals surface area (Å²) in [7, 11) is 0. The molecule has 0 radical (unpaired) electrons. The van der Waals surface area contributed by atoms with Gasteiger partial charge in [0.15, 0.2) is 0 Å². The number of nitrogens with zero attached hydrogens (tertiary/aromatic N) is 2. The highest BCUT2D eigenvalue weighted by Crippen LogP contribution is 2.19. The molecule has 0 aliphatic heterocycles. The molecule has 0 spiro atoms. The topological polar surface area (TPSA) is 138 Å². The third-order valence-corrected chi connectivity index (χ3v) is 2.25. The number of rotatable bonds is 2. The zero-order chi connectivity index (χ0) is 16.0. The number of nitro groups is 2. The van der Waals surface area contributed by atoms with E-state index in [1.165, 1.54) is 18.2 Å². The van der Waals surface area contributed by atoms with Crippen LogP contribution in [0.25, 0.3) is 0 Å². The van der Waals surface area contributed by atoms with Gasteiger partial charge in [0.2, 0.25) is 5.82 Å². The maximum absolute atomic E-state index is 12.5. The first-order chi connectivity index (χ1) is 9.81. The van der Waals surface area contributed by atoms with Crippen molar-refractivity contribution < 1.29 is 14.2 Å². The van der Waals surface area contributed by atoms with Gasteiger partial charge in [-0.3, -0.25) is 20.2 Å². The van der Waals surface area contributed by atoms with Crippen LogP contribution < -0.4 is 11.5 Å².